The van der Waals surface area contributed by atoms with Crippen LogP contribution in [0.15, 0.2) is 64.4 Å². The molecule has 27 heavy (non-hydrogen) atoms. The number of carbonyl (C=O) groups is 2. The predicted molar refractivity (Wildman–Crippen MR) is 98.7 cm³/mol. The molecular formula is C19H19F2NO4S. The van der Waals surface area contributed by atoms with Gasteiger partial charge in [0.2, 0.25) is 0 Å². The second-order valence-electron chi connectivity index (χ2n) is 5.56. The molecule has 2 N–H and O–H groups in total. The van der Waals surface area contributed by atoms with E-state index in [1.54, 1.807) is 24.3 Å². The van der Waals surface area contributed by atoms with Gasteiger partial charge in [-0.15, -0.1) is 0 Å². The summed E-state index contributed by atoms with van der Waals surface area (Å²) in [6.07, 6.45) is 1.12. The Morgan fingerprint density at radius 3 is 1.96 bits per heavy atom. The van der Waals surface area contributed by atoms with Gasteiger partial charge in [0.1, 0.15) is 11.6 Å². The van der Waals surface area contributed by atoms with Crippen LogP contribution in [0.25, 0.3) is 0 Å². The molecule has 0 bridgehead atoms. The highest BCUT2D eigenvalue weighted by Crippen LogP contribution is 2.31. The summed E-state index contributed by atoms with van der Waals surface area (Å²) < 4.78 is 26.2. The second-order valence-corrected chi connectivity index (χ2v) is 6.67. The third kappa shape index (κ3) is 9.53. The van der Waals surface area contributed by atoms with Gasteiger partial charge >= 0.3 is 11.9 Å². The Labute approximate surface area is 159 Å². The summed E-state index contributed by atoms with van der Waals surface area (Å²) in [6, 6.07) is 11.1. The van der Waals surface area contributed by atoms with E-state index in [1.165, 1.54) is 30.0 Å². The summed E-state index contributed by atoms with van der Waals surface area (Å²) in [4.78, 5) is 23.0. The van der Waals surface area contributed by atoms with Gasteiger partial charge in [0.15, 0.2) is 0 Å². The molecule has 8 heteroatoms. The maximum Gasteiger partial charge on any atom is 0.328 e. The van der Waals surface area contributed by atoms with Gasteiger partial charge in [0.25, 0.3) is 0 Å². The smallest absolute Gasteiger partial charge is 0.328 e. The molecule has 0 aliphatic rings. The van der Waals surface area contributed by atoms with Crippen molar-refractivity contribution in [2.75, 3.05) is 14.1 Å². The summed E-state index contributed by atoms with van der Waals surface area (Å²) >= 11 is 1.51. The van der Waals surface area contributed by atoms with E-state index in [0.29, 0.717) is 18.7 Å². The Balaban J connectivity index is 0.000000387. The molecule has 0 aromatic heterocycles. The zero-order valence-electron chi connectivity index (χ0n) is 14.7. The van der Waals surface area contributed by atoms with E-state index in [-0.39, 0.29) is 11.6 Å². The molecule has 0 radical (unpaired) electrons. The molecule has 0 saturated heterocycles. The zero-order chi connectivity index (χ0) is 20.4. The summed E-state index contributed by atoms with van der Waals surface area (Å²) in [7, 11) is 3.88. The summed E-state index contributed by atoms with van der Waals surface area (Å²) in [5, 5.41) is 15.6. The first-order valence-corrected chi connectivity index (χ1v) is 8.49. The standard InChI is InChI=1S/C15H15F2NS.C4H4O4/c1-18(2)10-11-9-13(17)5-8-15(11)19-14-6-3-12(16)4-7-14;5-3(6)1-2-4(7)8/h3-9H,10H2,1-2H3;1-2H,(H,5,6)(H,7,8)/b;2-1-. The lowest BCUT2D eigenvalue weighted by molar-refractivity contribution is -0.134. The topological polar surface area (TPSA) is 77.8 Å². The largest absolute Gasteiger partial charge is 0.478 e. The van der Waals surface area contributed by atoms with Gasteiger partial charge in [-0.05, 0) is 62.1 Å². The fourth-order valence-corrected chi connectivity index (χ4v) is 2.80. The molecule has 0 aliphatic carbocycles. The van der Waals surface area contributed by atoms with Crippen LogP contribution < -0.4 is 0 Å². The molecule has 0 atom stereocenters. The number of aliphatic carboxylic acids is 2. The van der Waals surface area contributed by atoms with Crippen molar-refractivity contribution in [3.63, 3.8) is 0 Å². The minimum absolute atomic E-state index is 0.236. The molecule has 2 aromatic carbocycles. The lowest BCUT2D eigenvalue weighted by Crippen LogP contribution is -2.11. The first-order valence-electron chi connectivity index (χ1n) is 7.68. The van der Waals surface area contributed by atoms with E-state index in [4.69, 9.17) is 10.2 Å². The Hall–Kier alpha value is -2.71. The maximum atomic E-state index is 13.3. The van der Waals surface area contributed by atoms with Crippen LogP contribution in [0.2, 0.25) is 0 Å². The van der Waals surface area contributed by atoms with Crippen molar-refractivity contribution in [3.05, 3.63) is 71.8 Å². The van der Waals surface area contributed by atoms with E-state index >= 15 is 0 Å². The quantitative estimate of drug-likeness (QED) is 0.723. The Morgan fingerprint density at radius 2 is 1.48 bits per heavy atom. The van der Waals surface area contributed by atoms with Gasteiger partial charge in [-0.2, -0.15) is 0 Å². The number of nitrogens with zero attached hydrogens (tertiary/aromatic N) is 1. The number of hydrogen-bond acceptors (Lipinski definition) is 4. The maximum absolute atomic E-state index is 13.3. The van der Waals surface area contributed by atoms with E-state index in [0.717, 1.165) is 15.4 Å². The van der Waals surface area contributed by atoms with Crippen molar-refractivity contribution in [1.82, 2.24) is 4.90 Å². The van der Waals surface area contributed by atoms with Gasteiger partial charge in [-0.3, -0.25) is 0 Å². The monoisotopic (exact) mass is 395 g/mol. The zero-order valence-corrected chi connectivity index (χ0v) is 15.5. The fraction of sp³-hybridized carbons (Fsp3) is 0.158. The molecule has 0 amide bonds. The predicted octanol–water partition coefficient (Wildman–Crippen LogP) is 3.89. The SMILES string of the molecule is CN(C)Cc1cc(F)ccc1Sc1ccc(F)cc1.O=C(O)/C=C\C(=O)O. The van der Waals surface area contributed by atoms with E-state index in [9.17, 15) is 18.4 Å². The Bertz CT molecular complexity index is 792. The van der Waals surface area contributed by atoms with Gasteiger partial charge in [-0.1, -0.05) is 11.8 Å². The molecular weight excluding hydrogens is 376 g/mol. The van der Waals surface area contributed by atoms with Gasteiger partial charge in [-0.25, -0.2) is 18.4 Å². The van der Waals surface area contributed by atoms with Crippen molar-refractivity contribution < 1.29 is 28.6 Å². The van der Waals surface area contributed by atoms with Crippen LogP contribution in [0.3, 0.4) is 0 Å². The number of carboxylic acids is 2. The summed E-state index contributed by atoms with van der Waals surface area (Å²) in [5.74, 6) is -3.00. The van der Waals surface area contributed by atoms with Crippen LogP contribution in [0.5, 0.6) is 0 Å². The lowest BCUT2D eigenvalue weighted by atomic mass is 10.2. The van der Waals surface area contributed by atoms with Crippen LogP contribution in [0.1, 0.15) is 5.56 Å². The van der Waals surface area contributed by atoms with E-state index in [2.05, 4.69) is 0 Å². The molecule has 144 valence electrons. The van der Waals surface area contributed by atoms with Crippen LogP contribution >= 0.6 is 11.8 Å². The normalized spacial score (nSPS) is 10.6. The average molecular weight is 395 g/mol. The summed E-state index contributed by atoms with van der Waals surface area (Å²) in [5.41, 5.74) is 0.930. The third-order valence-electron chi connectivity index (χ3n) is 2.92. The number of benzene rings is 2. The van der Waals surface area contributed by atoms with Crippen molar-refractivity contribution in [1.29, 1.82) is 0 Å². The van der Waals surface area contributed by atoms with Crippen molar-refractivity contribution >= 4 is 23.7 Å². The van der Waals surface area contributed by atoms with E-state index in [1.807, 2.05) is 19.0 Å². The molecule has 0 heterocycles. The number of rotatable bonds is 6. The van der Waals surface area contributed by atoms with Gasteiger partial charge < -0.3 is 15.1 Å². The lowest BCUT2D eigenvalue weighted by Gasteiger charge is -2.14. The number of halogens is 2. The minimum atomic E-state index is -1.26. The molecule has 0 spiro atoms. The highest BCUT2D eigenvalue weighted by atomic mass is 32.2. The van der Waals surface area contributed by atoms with Gasteiger partial charge in [0.05, 0.1) is 0 Å². The minimum Gasteiger partial charge on any atom is -0.478 e. The number of carboxylic acid groups (broad SMARTS) is 2. The molecule has 0 fully saturated rings. The highest BCUT2D eigenvalue weighted by molar-refractivity contribution is 7.99. The Morgan fingerprint density at radius 1 is 0.963 bits per heavy atom. The van der Waals surface area contributed by atoms with Gasteiger partial charge in [0, 0.05) is 28.5 Å². The van der Waals surface area contributed by atoms with Crippen LogP contribution in [0.4, 0.5) is 8.78 Å². The first-order chi connectivity index (χ1) is 12.7. The molecule has 0 saturated carbocycles. The molecule has 0 aliphatic heterocycles. The van der Waals surface area contributed by atoms with Crippen LogP contribution in [-0.2, 0) is 16.1 Å². The molecule has 2 aromatic rings. The van der Waals surface area contributed by atoms with Crippen LogP contribution in [-0.4, -0.2) is 41.1 Å². The highest BCUT2D eigenvalue weighted by Gasteiger charge is 2.07. The average Bonchev–Trinajstić information content (AvgIpc) is 2.57. The molecule has 5 nitrogen and oxygen atoms in total. The van der Waals surface area contributed by atoms with E-state index < -0.39 is 11.9 Å². The Kier molecular flexibility index (Phi) is 9.18. The first kappa shape index (κ1) is 22.3. The third-order valence-corrected chi connectivity index (χ3v) is 4.05. The second kappa shape index (κ2) is 11.1. The molecule has 0 unspecified atom stereocenters. The molecule has 2 rings (SSSR count). The van der Waals surface area contributed by atoms with Crippen molar-refractivity contribution in [3.8, 4) is 0 Å². The summed E-state index contributed by atoms with van der Waals surface area (Å²) in [6.45, 7) is 0.668. The van der Waals surface area contributed by atoms with Crippen LogP contribution in [0, 0.1) is 11.6 Å². The van der Waals surface area contributed by atoms with Crippen molar-refractivity contribution in [2.24, 2.45) is 0 Å². The number of hydrogen-bond donors (Lipinski definition) is 2. The fourth-order valence-electron chi connectivity index (χ4n) is 1.88. The van der Waals surface area contributed by atoms with Crippen molar-refractivity contribution in [2.45, 2.75) is 16.3 Å².